The number of carbonyl (C=O) groups is 1. The minimum absolute atomic E-state index is 0.203. The summed E-state index contributed by atoms with van der Waals surface area (Å²) in [6.45, 7) is 0.369. The highest BCUT2D eigenvalue weighted by molar-refractivity contribution is 6.05. The van der Waals surface area contributed by atoms with Gasteiger partial charge < -0.3 is 5.32 Å². The molecule has 0 bridgehead atoms. The number of H-pyrrole nitrogens is 1. The quantitative estimate of drug-likeness (QED) is 0.761. The number of aromatic nitrogens is 4. The molecule has 0 saturated heterocycles. The molecule has 122 valence electrons. The Labute approximate surface area is 141 Å². The smallest absolute Gasteiger partial charge is 0.255 e. The van der Waals surface area contributed by atoms with Crippen LogP contribution in [-0.4, -0.2) is 39.0 Å². The molecule has 4 rings (SSSR count). The van der Waals surface area contributed by atoms with Gasteiger partial charge in [-0.05, 0) is 41.6 Å². The van der Waals surface area contributed by atoms with E-state index in [9.17, 15) is 4.79 Å². The fourth-order valence-corrected chi connectivity index (χ4v) is 2.34. The molecule has 0 spiro atoms. The van der Waals surface area contributed by atoms with Crippen LogP contribution in [0.2, 0.25) is 0 Å². The van der Waals surface area contributed by atoms with Crippen LogP contribution in [0.3, 0.4) is 0 Å². The molecular formula is C16H12N8O. The van der Waals surface area contributed by atoms with Gasteiger partial charge in [-0.15, -0.1) is 15.3 Å². The van der Waals surface area contributed by atoms with E-state index in [1.165, 1.54) is 0 Å². The zero-order valence-electron chi connectivity index (χ0n) is 12.9. The summed E-state index contributed by atoms with van der Waals surface area (Å²) >= 11 is 0. The van der Waals surface area contributed by atoms with Crippen LogP contribution in [0.15, 0.2) is 63.8 Å². The highest BCUT2D eigenvalue weighted by Gasteiger charge is 2.10. The number of hydrogen-bond acceptors (Lipinski definition) is 7. The van der Waals surface area contributed by atoms with Crippen LogP contribution in [-0.2, 0) is 0 Å². The normalized spacial score (nSPS) is 12.9. The molecule has 0 atom stereocenters. The summed E-state index contributed by atoms with van der Waals surface area (Å²) in [6.07, 6.45) is 0. The highest BCUT2D eigenvalue weighted by atomic mass is 16.1. The minimum atomic E-state index is -0.203. The average molecular weight is 332 g/mol. The monoisotopic (exact) mass is 332 g/mol. The lowest BCUT2D eigenvalue weighted by Crippen LogP contribution is -2.11. The summed E-state index contributed by atoms with van der Waals surface area (Å²) in [4.78, 5) is 16.5. The third-order valence-electron chi connectivity index (χ3n) is 3.60. The summed E-state index contributed by atoms with van der Waals surface area (Å²) in [5, 5.41) is 24.3. The number of aliphatic imine (C=N–C) groups is 1. The molecule has 0 aliphatic carbocycles. The third-order valence-corrected chi connectivity index (χ3v) is 3.60. The van der Waals surface area contributed by atoms with E-state index in [0.717, 1.165) is 11.1 Å². The lowest BCUT2D eigenvalue weighted by Gasteiger charge is -2.06. The first-order valence-electron chi connectivity index (χ1n) is 7.47. The molecule has 0 radical (unpaired) electrons. The molecular weight excluding hydrogens is 320 g/mol. The van der Waals surface area contributed by atoms with Crippen LogP contribution < -0.4 is 5.32 Å². The second-order valence-corrected chi connectivity index (χ2v) is 5.21. The molecule has 1 aromatic heterocycles. The van der Waals surface area contributed by atoms with Crippen molar-refractivity contribution in [1.82, 2.24) is 20.6 Å². The van der Waals surface area contributed by atoms with Crippen molar-refractivity contribution in [3.05, 3.63) is 59.7 Å². The number of tetrazole rings is 1. The molecule has 2 heterocycles. The van der Waals surface area contributed by atoms with Gasteiger partial charge in [-0.25, -0.2) is 4.99 Å². The number of nitrogens with zero attached hydrogens (tertiary/aromatic N) is 6. The van der Waals surface area contributed by atoms with Crippen molar-refractivity contribution in [2.24, 2.45) is 15.2 Å². The number of aromatic amines is 1. The Hall–Kier alpha value is -3.75. The molecule has 3 aromatic rings. The highest BCUT2D eigenvalue weighted by Crippen LogP contribution is 2.17. The molecule has 9 nitrogen and oxygen atoms in total. The van der Waals surface area contributed by atoms with E-state index in [-0.39, 0.29) is 5.91 Å². The van der Waals surface area contributed by atoms with E-state index < -0.39 is 0 Å². The number of nitrogens with one attached hydrogen (secondary N) is 2. The Morgan fingerprint density at radius 1 is 1.00 bits per heavy atom. The van der Waals surface area contributed by atoms with Crippen LogP contribution in [0.4, 0.5) is 5.69 Å². The standard InChI is InChI=1S/C16H12N8O/c25-16(12-3-1-11(2-4-12)15-21-23-24-22-15)19-13-7-5-10(6-8-13)14-17-9-18-20-14/h1-8H,9H2,(H,19,25)(H,21,22,23,24). The SMILES string of the molecule is O=C(Nc1ccc(C2=NCN=N2)cc1)c1ccc(-c2nn[nH]n2)cc1. The maximum atomic E-state index is 12.3. The van der Waals surface area contributed by atoms with Crippen LogP contribution in [0.1, 0.15) is 15.9 Å². The Morgan fingerprint density at radius 3 is 2.40 bits per heavy atom. The van der Waals surface area contributed by atoms with Crippen LogP contribution >= 0.6 is 0 Å². The molecule has 1 aliphatic heterocycles. The topological polar surface area (TPSA) is 121 Å². The Morgan fingerprint density at radius 2 is 1.76 bits per heavy atom. The number of carbonyl (C=O) groups excluding carboxylic acids is 1. The van der Waals surface area contributed by atoms with E-state index in [1.54, 1.807) is 36.4 Å². The van der Waals surface area contributed by atoms with Crippen molar-refractivity contribution in [3.8, 4) is 11.4 Å². The summed E-state index contributed by atoms with van der Waals surface area (Å²) in [5.41, 5.74) is 2.86. The van der Waals surface area contributed by atoms with Gasteiger partial charge in [0.2, 0.25) is 5.82 Å². The predicted octanol–water partition coefficient (Wildman–Crippen LogP) is 2.29. The predicted molar refractivity (Wildman–Crippen MR) is 90.3 cm³/mol. The van der Waals surface area contributed by atoms with Gasteiger partial charge in [0.15, 0.2) is 12.5 Å². The first-order chi connectivity index (χ1) is 12.3. The van der Waals surface area contributed by atoms with Crippen molar-refractivity contribution in [1.29, 1.82) is 0 Å². The number of hydrogen-bond donors (Lipinski definition) is 2. The molecule has 1 aliphatic rings. The average Bonchev–Trinajstić information content (AvgIpc) is 3.36. The molecule has 1 amide bonds. The summed E-state index contributed by atoms with van der Waals surface area (Å²) in [7, 11) is 0. The Kier molecular flexibility index (Phi) is 3.79. The molecule has 2 N–H and O–H groups in total. The number of rotatable bonds is 4. The number of amides is 1. The first kappa shape index (κ1) is 14.8. The number of benzene rings is 2. The first-order valence-corrected chi connectivity index (χ1v) is 7.47. The van der Waals surface area contributed by atoms with Crippen molar-refractivity contribution >= 4 is 17.4 Å². The second-order valence-electron chi connectivity index (χ2n) is 5.21. The van der Waals surface area contributed by atoms with Gasteiger partial charge in [0.05, 0.1) is 0 Å². The van der Waals surface area contributed by atoms with Crippen molar-refractivity contribution in [2.75, 3.05) is 12.0 Å². The molecule has 9 heteroatoms. The van der Waals surface area contributed by atoms with Gasteiger partial charge in [0, 0.05) is 22.4 Å². The van der Waals surface area contributed by atoms with Gasteiger partial charge in [-0.1, -0.05) is 12.1 Å². The summed E-state index contributed by atoms with van der Waals surface area (Å²) in [6, 6.07) is 14.3. The van der Waals surface area contributed by atoms with E-state index in [1.807, 2.05) is 12.1 Å². The fraction of sp³-hybridized carbons (Fsp3) is 0.0625. The third kappa shape index (κ3) is 3.15. The van der Waals surface area contributed by atoms with Gasteiger partial charge in [0.1, 0.15) is 0 Å². The van der Waals surface area contributed by atoms with Crippen molar-refractivity contribution in [2.45, 2.75) is 0 Å². The maximum absolute atomic E-state index is 12.3. The van der Waals surface area contributed by atoms with Gasteiger partial charge in [-0.3, -0.25) is 4.79 Å². The molecule has 0 unspecified atom stereocenters. The second kappa shape index (κ2) is 6.40. The molecule has 25 heavy (non-hydrogen) atoms. The zero-order chi connectivity index (χ0) is 17.1. The Bertz CT molecular complexity index is 943. The number of amidine groups is 1. The van der Waals surface area contributed by atoms with Gasteiger partial charge in [-0.2, -0.15) is 10.3 Å². The van der Waals surface area contributed by atoms with E-state index >= 15 is 0 Å². The molecule has 0 saturated carbocycles. The van der Waals surface area contributed by atoms with Crippen molar-refractivity contribution < 1.29 is 4.79 Å². The van der Waals surface area contributed by atoms with Gasteiger partial charge >= 0.3 is 0 Å². The van der Waals surface area contributed by atoms with E-state index in [0.29, 0.717) is 29.6 Å². The van der Waals surface area contributed by atoms with Crippen LogP contribution in [0, 0.1) is 0 Å². The minimum Gasteiger partial charge on any atom is -0.322 e. The molecule has 2 aromatic carbocycles. The van der Waals surface area contributed by atoms with Crippen LogP contribution in [0.5, 0.6) is 0 Å². The van der Waals surface area contributed by atoms with E-state index in [2.05, 4.69) is 41.2 Å². The summed E-state index contributed by atoms with van der Waals surface area (Å²) in [5.74, 6) is 0.884. The Balaban J connectivity index is 1.45. The zero-order valence-corrected chi connectivity index (χ0v) is 12.9. The van der Waals surface area contributed by atoms with Gasteiger partial charge in [0.25, 0.3) is 5.91 Å². The lowest BCUT2D eigenvalue weighted by molar-refractivity contribution is 0.102. The number of azo groups is 1. The van der Waals surface area contributed by atoms with Crippen LogP contribution in [0.25, 0.3) is 11.4 Å². The maximum Gasteiger partial charge on any atom is 0.255 e. The molecule has 0 fully saturated rings. The lowest BCUT2D eigenvalue weighted by atomic mass is 10.1. The summed E-state index contributed by atoms with van der Waals surface area (Å²) < 4.78 is 0. The van der Waals surface area contributed by atoms with Crippen molar-refractivity contribution in [3.63, 3.8) is 0 Å². The number of anilines is 1. The van der Waals surface area contributed by atoms with E-state index in [4.69, 9.17) is 0 Å². The fourth-order valence-electron chi connectivity index (χ4n) is 2.34. The largest absolute Gasteiger partial charge is 0.322 e.